The van der Waals surface area contributed by atoms with Crippen molar-refractivity contribution in [2.24, 2.45) is 0 Å². The molecule has 0 aliphatic heterocycles. The van der Waals surface area contributed by atoms with Gasteiger partial charge in [0.05, 0.1) is 16.5 Å². The van der Waals surface area contributed by atoms with Crippen LogP contribution >= 0.6 is 11.6 Å². The molecule has 1 aromatic carbocycles. The average Bonchev–Trinajstić information content (AvgIpc) is 3.32. The molecule has 0 saturated carbocycles. The molecule has 0 bridgehead atoms. The fraction of sp³-hybridized carbons (Fsp3) is 0.300. The first kappa shape index (κ1) is 21.4. The van der Waals surface area contributed by atoms with Crippen LogP contribution in [0.2, 0.25) is 5.02 Å². The second-order valence-electron chi connectivity index (χ2n) is 6.70. The normalized spacial score (nSPS) is 10.8. The third kappa shape index (κ3) is 4.80. The van der Waals surface area contributed by atoms with E-state index in [0.717, 1.165) is 0 Å². The van der Waals surface area contributed by atoms with Crippen LogP contribution in [0.1, 0.15) is 34.5 Å². The molecule has 0 saturated heterocycles. The molecule has 3 rings (SSSR count). The molecule has 9 nitrogen and oxygen atoms in total. The molecule has 1 amide bonds. The standard InChI is InChI=1S/C20H21ClN4O5/c1-4-24-10-16(21)17(22-24)11-23(3)20(26)19-8-6-15(30-19)12-29-14-5-7-18(25(27)28)13(2)9-14/h5-10H,4,11-12H2,1-3H3. The summed E-state index contributed by atoms with van der Waals surface area (Å²) in [5.74, 6) is 0.785. The number of carbonyl (C=O) groups is 1. The van der Waals surface area contributed by atoms with Crippen LogP contribution in [-0.2, 0) is 19.7 Å². The van der Waals surface area contributed by atoms with Crippen LogP contribution < -0.4 is 4.74 Å². The Kier molecular flexibility index (Phi) is 6.41. The molecule has 3 aromatic rings. The third-order valence-electron chi connectivity index (χ3n) is 4.46. The summed E-state index contributed by atoms with van der Waals surface area (Å²) < 4.78 is 12.9. The number of hydrogen-bond donors (Lipinski definition) is 0. The van der Waals surface area contributed by atoms with E-state index in [1.165, 1.54) is 17.0 Å². The van der Waals surface area contributed by atoms with Gasteiger partial charge in [-0.2, -0.15) is 5.10 Å². The molecule has 0 aliphatic rings. The largest absolute Gasteiger partial charge is 0.486 e. The lowest BCUT2D eigenvalue weighted by molar-refractivity contribution is -0.385. The number of halogens is 1. The first-order valence-corrected chi connectivity index (χ1v) is 9.60. The van der Waals surface area contributed by atoms with Crippen LogP contribution in [0.3, 0.4) is 0 Å². The quantitative estimate of drug-likeness (QED) is 0.390. The number of nitro groups is 1. The summed E-state index contributed by atoms with van der Waals surface area (Å²) in [6.45, 7) is 4.61. The van der Waals surface area contributed by atoms with Crippen molar-refractivity contribution >= 4 is 23.2 Å². The summed E-state index contributed by atoms with van der Waals surface area (Å²) in [4.78, 5) is 24.5. The maximum atomic E-state index is 12.6. The number of aryl methyl sites for hydroxylation is 2. The molecule has 0 fully saturated rings. The summed E-state index contributed by atoms with van der Waals surface area (Å²) in [5, 5.41) is 15.7. The summed E-state index contributed by atoms with van der Waals surface area (Å²) in [6, 6.07) is 7.72. The fourth-order valence-corrected chi connectivity index (χ4v) is 3.05. The molecule has 0 N–H and O–H groups in total. The van der Waals surface area contributed by atoms with Crippen molar-refractivity contribution in [3.63, 3.8) is 0 Å². The van der Waals surface area contributed by atoms with Gasteiger partial charge in [-0.1, -0.05) is 11.6 Å². The molecule has 30 heavy (non-hydrogen) atoms. The lowest BCUT2D eigenvalue weighted by atomic mass is 10.2. The van der Waals surface area contributed by atoms with Crippen LogP contribution in [0.5, 0.6) is 5.75 Å². The number of amides is 1. The number of rotatable bonds is 8. The molecular formula is C20H21ClN4O5. The van der Waals surface area contributed by atoms with E-state index in [-0.39, 0.29) is 30.5 Å². The number of nitrogens with zero attached hydrogens (tertiary/aromatic N) is 4. The molecule has 2 aromatic heterocycles. The molecule has 0 aliphatic carbocycles. The van der Waals surface area contributed by atoms with E-state index < -0.39 is 4.92 Å². The number of hydrogen-bond acceptors (Lipinski definition) is 6. The second kappa shape index (κ2) is 9.00. The van der Waals surface area contributed by atoms with Crippen molar-refractivity contribution in [3.05, 3.63) is 74.4 Å². The van der Waals surface area contributed by atoms with Gasteiger partial charge in [-0.05, 0) is 38.1 Å². The minimum atomic E-state index is -0.445. The predicted molar refractivity (Wildman–Crippen MR) is 110 cm³/mol. The molecule has 2 heterocycles. The van der Waals surface area contributed by atoms with Gasteiger partial charge in [0.15, 0.2) is 5.76 Å². The van der Waals surface area contributed by atoms with E-state index in [2.05, 4.69) is 5.10 Å². The number of nitro benzene ring substituents is 1. The van der Waals surface area contributed by atoms with Crippen LogP contribution in [0.25, 0.3) is 0 Å². The van der Waals surface area contributed by atoms with Crippen molar-refractivity contribution in [1.82, 2.24) is 14.7 Å². The number of carbonyl (C=O) groups excluding carboxylic acids is 1. The molecular weight excluding hydrogens is 412 g/mol. The zero-order chi connectivity index (χ0) is 21.8. The number of ether oxygens (including phenoxy) is 1. The Morgan fingerprint density at radius 3 is 2.77 bits per heavy atom. The van der Waals surface area contributed by atoms with Gasteiger partial charge in [-0.3, -0.25) is 19.6 Å². The van der Waals surface area contributed by atoms with E-state index in [4.69, 9.17) is 20.8 Å². The Balaban J connectivity index is 1.61. The zero-order valence-electron chi connectivity index (χ0n) is 16.8. The van der Waals surface area contributed by atoms with Gasteiger partial charge in [0.2, 0.25) is 0 Å². The van der Waals surface area contributed by atoms with Crippen molar-refractivity contribution in [3.8, 4) is 5.75 Å². The third-order valence-corrected chi connectivity index (χ3v) is 4.78. The van der Waals surface area contributed by atoms with Gasteiger partial charge in [0, 0.05) is 31.4 Å². The Morgan fingerprint density at radius 2 is 2.13 bits per heavy atom. The first-order chi connectivity index (χ1) is 14.3. The summed E-state index contributed by atoms with van der Waals surface area (Å²) in [5.41, 5.74) is 1.14. The zero-order valence-corrected chi connectivity index (χ0v) is 17.5. The maximum Gasteiger partial charge on any atom is 0.289 e. The molecule has 0 radical (unpaired) electrons. The van der Waals surface area contributed by atoms with E-state index in [1.807, 2.05) is 6.92 Å². The maximum absolute atomic E-state index is 12.6. The van der Waals surface area contributed by atoms with Crippen molar-refractivity contribution in [2.45, 2.75) is 33.5 Å². The second-order valence-corrected chi connectivity index (χ2v) is 7.11. The molecule has 10 heteroatoms. The molecule has 0 spiro atoms. The highest BCUT2D eigenvalue weighted by molar-refractivity contribution is 6.31. The topological polar surface area (TPSA) is 104 Å². The Bertz CT molecular complexity index is 1080. The number of furan rings is 1. The summed E-state index contributed by atoms with van der Waals surface area (Å²) in [6.07, 6.45) is 1.72. The molecule has 0 unspecified atom stereocenters. The van der Waals surface area contributed by atoms with E-state index >= 15 is 0 Å². The van der Waals surface area contributed by atoms with Crippen molar-refractivity contribution in [1.29, 1.82) is 0 Å². The van der Waals surface area contributed by atoms with E-state index in [9.17, 15) is 14.9 Å². The minimum absolute atomic E-state index is 0.0279. The van der Waals surface area contributed by atoms with Crippen LogP contribution in [0, 0.1) is 17.0 Å². The Labute approximate surface area is 177 Å². The number of aromatic nitrogens is 2. The van der Waals surface area contributed by atoms with Crippen LogP contribution in [0.4, 0.5) is 5.69 Å². The van der Waals surface area contributed by atoms with E-state index in [1.54, 1.807) is 43.0 Å². The van der Waals surface area contributed by atoms with Gasteiger partial charge in [-0.25, -0.2) is 0 Å². The lowest BCUT2D eigenvalue weighted by Gasteiger charge is -2.14. The average molecular weight is 433 g/mol. The molecule has 0 atom stereocenters. The van der Waals surface area contributed by atoms with Gasteiger partial charge in [0.1, 0.15) is 23.8 Å². The predicted octanol–water partition coefficient (Wildman–Crippen LogP) is 4.22. The first-order valence-electron chi connectivity index (χ1n) is 9.22. The van der Waals surface area contributed by atoms with Gasteiger partial charge in [-0.15, -0.1) is 0 Å². The highest BCUT2D eigenvalue weighted by Gasteiger charge is 2.19. The number of benzene rings is 1. The van der Waals surface area contributed by atoms with Crippen molar-refractivity contribution < 1.29 is 18.9 Å². The smallest absolute Gasteiger partial charge is 0.289 e. The SMILES string of the molecule is CCn1cc(Cl)c(CN(C)C(=O)c2ccc(COc3ccc([N+](=O)[O-])c(C)c3)o2)n1. The highest BCUT2D eigenvalue weighted by Crippen LogP contribution is 2.24. The van der Waals surface area contributed by atoms with Gasteiger partial charge >= 0.3 is 0 Å². The van der Waals surface area contributed by atoms with Gasteiger partial charge < -0.3 is 14.1 Å². The van der Waals surface area contributed by atoms with Crippen LogP contribution in [-0.4, -0.2) is 32.6 Å². The van der Waals surface area contributed by atoms with E-state index in [0.29, 0.717) is 34.3 Å². The van der Waals surface area contributed by atoms with Gasteiger partial charge in [0.25, 0.3) is 11.6 Å². The minimum Gasteiger partial charge on any atom is -0.486 e. The fourth-order valence-electron chi connectivity index (χ4n) is 2.84. The van der Waals surface area contributed by atoms with Crippen molar-refractivity contribution in [2.75, 3.05) is 7.05 Å². The highest BCUT2D eigenvalue weighted by atomic mass is 35.5. The lowest BCUT2D eigenvalue weighted by Crippen LogP contribution is -2.26. The Hall–Kier alpha value is -3.33. The Morgan fingerprint density at radius 1 is 1.37 bits per heavy atom. The summed E-state index contributed by atoms with van der Waals surface area (Å²) in [7, 11) is 1.64. The monoisotopic (exact) mass is 432 g/mol. The van der Waals surface area contributed by atoms with Crippen LogP contribution in [0.15, 0.2) is 40.9 Å². The molecule has 158 valence electrons. The summed E-state index contributed by atoms with van der Waals surface area (Å²) >= 11 is 6.16.